The van der Waals surface area contributed by atoms with E-state index in [9.17, 15) is 18.0 Å². The molecule has 2 aromatic heterocycles. The van der Waals surface area contributed by atoms with Crippen molar-refractivity contribution in [2.24, 2.45) is 0 Å². The van der Waals surface area contributed by atoms with Crippen LogP contribution in [0.15, 0.2) is 18.3 Å². The van der Waals surface area contributed by atoms with Gasteiger partial charge in [0.2, 0.25) is 0 Å². The van der Waals surface area contributed by atoms with Crippen molar-refractivity contribution in [3.05, 3.63) is 29.6 Å². The van der Waals surface area contributed by atoms with Crippen LogP contribution >= 0.6 is 0 Å². The number of alkyl halides is 3. The van der Waals surface area contributed by atoms with E-state index in [-0.39, 0.29) is 11.5 Å². The van der Waals surface area contributed by atoms with Gasteiger partial charge in [0, 0.05) is 6.20 Å². The van der Waals surface area contributed by atoms with Crippen molar-refractivity contribution >= 4 is 17.6 Å². The Hall–Kier alpha value is -2.25. The number of aryl methyl sites for hydroxylation is 1. The molecule has 96 valence electrons. The summed E-state index contributed by atoms with van der Waals surface area (Å²) in [5, 5.41) is 10.6. The Morgan fingerprint density at radius 1 is 1.44 bits per heavy atom. The number of hydrogen-bond acceptors (Lipinski definition) is 2. The topological polar surface area (TPSA) is 66.6 Å². The zero-order valence-corrected chi connectivity index (χ0v) is 9.12. The largest absolute Gasteiger partial charge is 0.465 e. The third-order valence-corrected chi connectivity index (χ3v) is 2.41. The van der Waals surface area contributed by atoms with Gasteiger partial charge in [0.1, 0.15) is 5.65 Å². The number of hydrogen-bond donors (Lipinski definition) is 2. The molecule has 0 aliphatic carbocycles. The van der Waals surface area contributed by atoms with Gasteiger partial charge in [-0.05, 0) is 19.1 Å². The number of anilines is 1. The fourth-order valence-corrected chi connectivity index (χ4v) is 1.55. The minimum atomic E-state index is -4.45. The van der Waals surface area contributed by atoms with Crippen molar-refractivity contribution in [1.29, 1.82) is 0 Å². The number of nitrogens with zero attached hydrogens (tertiary/aromatic N) is 2. The molecule has 0 unspecified atom stereocenters. The number of amides is 1. The normalized spacial score (nSPS) is 11.8. The van der Waals surface area contributed by atoms with Gasteiger partial charge < -0.3 is 9.51 Å². The lowest BCUT2D eigenvalue weighted by atomic mass is 10.3. The molecule has 0 saturated heterocycles. The number of carboxylic acid groups (broad SMARTS) is 1. The maximum atomic E-state index is 12.5. The van der Waals surface area contributed by atoms with Crippen LogP contribution in [0.5, 0.6) is 0 Å². The molecule has 0 aromatic carbocycles. The van der Waals surface area contributed by atoms with Crippen molar-refractivity contribution in [3.63, 3.8) is 0 Å². The van der Waals surface area contributed by atoms with E-state index in [0.29, 0.717) is 5.69 Å². The number of pyridine rings is 1. The highest BCUT2D eigenvalue weighted by Gasteiger charge is 2.31. The van der Waals surface area contributed by atoms with Crippen molar-refractivity contribution in [1.82, 2.24) is 9.38 Å². The van der Waals surface area contributed by atoms with E-state index in [1.807, 2.05) is 5.32 Å². The molecule has 0 spiro atoms. The lowest BCUT2D eigenvalue weighted by Gasteiger charge is -2.07. The van der Waals surface area contributed by atoms with Gasteiger partial charge in [-0.25, -0.2) is 9.78 Å². The molecule has 0 saturated carbocycles. The van der Waals surface area contributed by atoms with Crippen LogP contribution in [0.4, 0.5) is 23.8 Å². The molecule has 2 heterocycles. The van der Waals surface area contributed by atoms with Crippen LogP contribution in [0.1, 0.15) is 11.3 Å². The molecule has 2 rings (SSSR count). The smallest absolute Gasteiger partial charge is 0.417 e. The molecule has 18 heavy (non-hydrogen) atoms. The van der Waals surface area contributed by atoms with Gasteiger partial charge in [-0.2, -0.15) is 13.2 Å². The van der Waals surface area contributed by atoms with Crippen LogP contribution in [0.3, 0.4) is 0 Å². The summed E-state index contributed by atoms with van der Waals surface area (Å²) >= 11 is 0. The average Bonchev–Trinajstić information content (AvgIpc) is 2.53. The third-order valence-electron chi connectivity index (χ3n) is 2.41. The first kappa shape index (κ1) is 12.2. The zero-order valence-electron chi connectivity index (χ0n) is 9.12. The van der Waals surface area contributed by atoms with Gasteiger partial charge in [0.05, 0.1) is 11.3 Å². The molecule has 5 nitrogen and oxygen atoms in total. The molecule has 2 aromatic rings. The summed E-state index contributed by atoms with van der Waals surface area (Å²) in [4.78, 5) is 14.4. The molecule has 0 atom stereocenters. The molecule has 0 aliphatic heterocycles. The minimum Gasteiger partial charge on any atom is -0.465 e. The minimum absolute atomic E-state index is 0.0156. The van der Waals surface area contributed by atoms with Gasteiger partial charge >= 0.3 is 12.3 Å². The number of rotatable bonds is 1. The summed E-state index contributed by atoms with van der Waals surface area (Å²) < 4.78 is 38.8. The summed E-state index contributed by atoms with van der Waals surface area (Å²) in [6, 6.07) is 2.08. The van der Waals surface area contributed by atoms with E-state index in [1.54, 1.807) is 0 Å². The number of halogens is 3. The molecule has 1 amide bonds. The van der Waals surface area contributed by atoms with Crippen LogP contribution in [-0.2, 0) is 6.18 Å². The van der Waals surface area contributed by atoms with Gasteiger partial charge in [-0.15, -0.1) is 0 Å². The Balaban J connectivity index is 2.57. The van der Waals surface area contributed by atoms with E-state index in [4.69, 9.17) is 5.11 Å². The molecule has 2 N–H and O–H groups in total. The van der Waals surface area contributed by atoms with E-state index in [0.717, 1.165) is 12.3 Å². The first-order valence-corrected chi connectivity index (χ1v) is 4.85. The SMILES string of the molecule is Cc1c(NC(=O)O)nc2ccc(C(F)(F)F)cn12. The lowest BCUT2D eigenvalue weighted by Crippen LogP contribution is -2.09. The van der Waals surface area contributed by atoms with Crippen LogP contribution in [0.25, 0.3) is 5.65 Å². The number of imidazole rings is 1. The number of fused-ring (bicyclic) bond motifs is 1. The highest BCUT2D eigenvalue weighted by atomic mass is 19.4. The summed E-state index contributed by atoms with van der Waals surface area (Å²) in [6.45, 7) is 1.48. The predicted octanol–water partition coefficient (Wildman–Crippen LogP) is 2.75. The Morgan fingerprint density at radius 3 is 2.67 bits per heavy atom. The van der Waals surface area contributed by atoms with Crippen molar-refractivity contribution < 1.29 is 23.1 Å². The van der Waals surface area contributed by atoms with Gasteiger partial charge in [0.25, 0.3) is 0 Å². The van der Waals surface area contributed by atoms with E-state index in [1.165, 1.54) is 17.4 Å². The fraction of sp³-hybridized carbons (Fsp3) is 0.200. The van der Waals surface area contributed by atoms with Gasteiger partial charge in [-0.3, -0.25) is 5.32 Å². The van der Waals surface area contributed by atoms with Crippen molar-refractivity contribution in [3.8, 4) is 0 Å². The molecular weight excluding hydrogens is 251 g/mol. The number of carbonyl (C=O) groups is 1. The summed E-state index contributed by atoms with van der Waals surface area (Å²) in [7, 11) is 0. The quantitative estimate of drug-likeness (QED) is 0.827. The second-order valence-corrected chi connectivity index (χ2v) is 3.62. The van der Waals surface area contributed by atoms with Crippen LogP contribution in [-0.4, -0.2) is 20.6 Å². The molecule has 8 heteroatoms. The average molecular weight is 259 g/mol. The first-order chi connectivity index (χ1) is 8.29. The molecule has 0 radical (unpaired) electrons. The van der Waals surface area contributed by atoms with Gasteiger partial charge in [-0.1, -0.05) is 0 Å². The van der Waals surface area contributed by atoms with Crippen LogP contribution in [0, 0.1) is 6.92 Å². The van der Waals surface area contributed by atoms with Crippen molar-refractivity contribution in [2.45, 2.75) is 13.1 Å². The second-order valence-electron chi connectivity index (χ2n) is 3.62. The first-order valence-electron chi connectivity index (χ1n) is 4.85. The van der Waals surface area contributed by atoms with Crippen LogP contribution < -0.4 is 5.32 Å². The maximum absolute atomic E-state index is 12.5. The van der Waals surface area contributed by atoms with Gasteiger partial charge in [0.15, 0.2) is 5.82 Å². The Kier molecular flexibility index (Phi) is 2.64. The molecular formula is C10H8F3N3O2. The fourth-order valence-electron chi connectivity index (χ4n) is 1.55. The van der Waals surface area contributed by atoms with E-state index < -0.39 is 17.8 Å². The third kappa shape index (κ3) is 2.08. The standard InChI is InChI=1S/C10H8F3N3O2/c1-5-8(15-9(17)18)14-7-3-2-6(4-16(5)7)10(11,12)13/h2-4,15H,1H3,(H,17,18). The Morgan fingerprint density at radius 2 is 2.11 bits per heavy atom. The molecule has 0 bridgehead atoms. The molecule has 0 aliphatic rings. The second kappa shape index (κ2) is 3.90. The number of aromatic nitrogens is 2. The summed E-state index contributed by atoms with van der Waals surface area (Å²) in [6.07, 6.45) is -4.90. The molecule has 0 fully saturated rings. The van der Waals surface area contributed by atoms with Crippen molar-refractivity contribution in [2.75, 3.05) is 5.32 Å². The monoisotopic (exact) mass is 259 g/mol. The summed E-state index contributed by atoms with van der Waals surface area (Å²) in [5.74, 6) is 0.0156. The zero-order chi connectivity index (χ0) is 13.5. The number of nitrogens with one attached hydrogen (secondary N) is 1. The highest BCUT2D eigenvalue weighted by Crippen LogP contribution is 2.30. The van der Waals surface area contributed by atoms with Crippen LogP contribution in [0.2, 0.25) is 0 Å². The lowest BCUT2D eigenvalue weighted by molar-refractivity contribution is -0.137. The van der Waals surface area contributed by atoms with E-state index in [2.05, 4.69) is 4.98 Å². The Bertz CT molecular complexity index is 619. The summed E-state index contributed by atoms with van der Waals surface area (Å²) in [5.41, 5.74) is -0.292. The highest BCUT2D eigenvalue weighted by molar-refractivity contribution is 5.83. The Labute approximate surface area is 98.9 Å². The maximum Gasteiger partial charge on any atom is 0.417 e. The predicted molar refractivity (Wildman–Crippen MR) is 56.6 cm³/mol. The van der Waals surface area contributed by atoms with E-state index >= 15 is 0 Å².